The molecule has 0 spiro atoms. The molecule has 0 aliphatic rings. The number of benzene rings is 2. The lowest BCUT2D eigenvalue weighted by atomic mass is 10.1. The number of hydrogen-bond acceptors (Lipinski definition) is 3. The van der Waals surface area contributed by atoms with Gasteiger partial charge in [-0.1, -0.05) is 36.4 Å². The summed E-state index contributed by atoms with van der Waals surface area (Å²) in [5.41, 5.74) is 4.49. The average molecular weight is 380 g/mol. The van der Waals surface area contributed by atoms with Gasteiger partial charge in [-0.25, -0.2) is 0 Å². The van der Waals surface area contributed by atoms with E-state index in [0.717, 1.165) is 28.5 Å². The summed E-state index contributed by atoms with van der Waals surface area (Å²) in [4.78, 5) is 16.9. The Bertz CT molecular complexity index is 1170. The molecule has 0 aliphatic carbocycles. The third-order valence-corrected chi connectivity index (χ3v) is 4.89. The van der Waals surface area contributed by atoms with Gasteiger partial charge in [-0.05, 0) is 41.8 Å². The lowest BCUT2D eigenvalue weighted by Gasteiger charge is -2.05. The lowest BCUT2D eigenvalue weighted by molar-refractivity contribution is 0.0955. The molecule has 5 nitrogen and oxygen atoms in total. The number of aromatic nitrogens is 2. The van der Waals surface area contributed by atoms with Gasteiger partial charge < -0.3 is 9.88 Å². The summed E-state index contributed by atoms with van der Waals surface area (Å²) in [6.45, 7) is 1.19. The zero-order valence-electron chi connectivity index (χ0n) is 15.9. The first-order valence-corrected chi connectivity index (χ1v) is 9.48. The summed E-state index contributed by atoms with van der Waals surface area (Å²) < 4.78 is 2.08. The van der Waals surface area contributed by atoms with Crippen molar-refractivity contribution < 1.29 is 4.79 Å². The summed E-state index contributed by atoms with van der Waals surface area (Å²) in [7, 11) is 0. The molecule has 5 heteroatoms. The van der Waals surface area contributed by atoms with Gasteiger partial charge in [0.05, 0.1) is 17.2 Å². The largest absolute Gasteiger partial charge is 0.352 e. The summed E-state index contributed by atoms with van der Waals surface area (Å²) in [6, 6.07) is 21.5. The molecule has 2 aromatic carbocycles. The van der Waals surface area contributed by atoms with Crippen molar-refractivity contribution in [3.63, 3.8) is 0 Å². The first-order chi connectivity index (χ1) is 14.2. The van der Waals surface area contributed by atoms with Crippen molar-refractivity contribution in [2.45, 2.75) is 13.0 Å². The van der Waals surface area contributed by atoms with E-state index in [4.69, 9.17) is 5.26 Å². The average Bonchev–Trinajstić information content (AvgIpc) is 3.14. The van der Waals surface area contributed by atoms with Gasteiger partial charge in [0.25, 0.3) is 5.91 Å². The quantitative estimate of drug-likeness (QED) is 0.551. The fraction of sp³-hybridized carbons (Fsp3) is 0.125. The molecule has 0 radical (unpaired) electrons. The van der Waals surface area contributed by atoms with E-state index in [1.165, 1.54) is 0 Å². The minimum atomic E-state index is -0.0799. The lowest BCUT2D eigenvalue weighted by Crippen LogP contribution is -2.25. The Kier molecular flexibility index (Phi) is 5.35. The number of nitrogens with zero attached hydrogens (tertiary/aromatic N) is 3. The highest BCUT2D eigenvalue weighted by molar-refractivity contribution is 6.07. The van der Waals surface area contributed by atoms with E-state index in [9.17, 15) is 4.79 Å². The SMILES string of the molecule is N#Cc1ccc(Cn2cc(C(=O)NCCc3cccnc3)c3ccccc32)cc1. The molecule has 0 saturated carbocycles. The highest BCUT2D eigenvalue weighted by Gasteiger charge is 2.14. The van der Waals surface area contributed by atoms with E-state index in [1.807, 2.05) is 73.1 Å². The molecule has 1 amide bonds. The molecule has 0 fully saturated rings. The predicted octanol–water partition coefficient (Wildman–Crippen LogP) is 3.93. The molecule has 0 atom stereocenters. The van der Waals surface area contributed by atoms with E-state index in [1.54, 1.807) is 6.20 Å². The van der Waals surface area contributed by atoms with Crippen molar-refractivity contribution in [3.8, 4) is 6.07 Å². The van der Waals surface area contributed by atoms with Crippen molar-refractivity contribution in [3.05, 3.63) is 102 Å². The molecule has 0 aliphatic heterocycles. The van der Waals surface area contributed by atoms with E-state index in [-0.39, 0.29) is 5.91 Å². The number of amides is 1. The first-order valence-electron chi connectivity index (χ1n) is 9.48. The van der Waals surface area contributed by atoms with Gasteiger partial charge in [0.1, 0.15) is 0 Å². The predicted molar refractivity (Wildman–Crippen MR) is 112 cm³/mol. The van der Waals surface area contributed by atoms with Gasteiger partial charge >= 0.3 is 0 Å². The topological polar surface area (TPSA) is 70.7 Å². The molecular weight excluding hydrogens is 360 g/mol. The van der Waals surface area contributed by atoms with E-state index in [0.29, 0.717) is 24.2 Å². The van der Waals surface area contributed by atoms with E-state index in [2.05, 4.69) is 20.9 Å². The van der Waals surface area contributed by atoms with Crippen LogP contribution in [0.1, 0.15) is 27.0 Å². The molecule has 4 aromatic rings. The Balaban J connectivity index is 1.53. The highest BCUT2D eigenvalue weighted by Crippen LogP contribution is 2.22. The monoisotopic (exact) mass is 380 g/mol. The van der Waals surface area contributed by atoms with Crippen LogP contribution in [0.3, 0.4) is 0 Å². The van der Waals surface area contributed by atoms with Gasteiger partial charge in [-0.15, -0.1) is 0 Å². The van der Waals surface area contributed by atoms with Crippen LogP contribution in [0, 0.1) is 11.3 Å². The van der Waals surface area contributed by atoms with Crippen LogP contribution < -0.4 is 5.32 Å². The second-order valence-corrected chi connectivity index (χ2v) is 6.86. The first kappa shape index (κ1) is 18.5. The number of pyridine rings is 1. The summed E-state index contributed by atoms with van der Waals surface area (Å²) in [5.74, 6) is -0.0799. The van der Waals surface area contributed by atoms with Crippen LogP contribution in [-0.4, -0.2) is 22.0 Å². The number of nitrogens with one attached hydrogen (secondary N) is 1. The second-order valence-electron chi connectivity index (χ2n) is 6.86. The molecule has 0 saturated heterocycles. The molecule has 29 heavy (non-hydrogen) atoms. The fourth-order valence-corrected chi connectivity index (χ4v) is 3.40. The Morgan fingerprint density at radius 1 is 1.03 bits per heavy atom. The third kappa shape index (κ3) is 4.17. The third-order valence-electron chi connectivity index (χ3n) is 4.89. The number of carbonyl (C=O) groups excluding carboxylic acids is 1. The van der Waals surface area contributed by atoms with Crippen molar-refractivity contribution in [1.82, 2.24) is 14.9 Å². The van der Waals surface area contributed by atoms with E-state index >= 15 is 0 Å². The summed E-state index contributed by atoms with van der Waals surface area (Å²) in [5, 5.41) is 12.9. The van der Waals surface area contributed by atoms with Crippen LogP contribution in [0.5, 0.6) is 0 Å². The van der Waals surface area contributed by atoms with E-state index < -0.39 is 0 Å². The highest BCUT2D eigenvalue weighted by atomic mass is 16.1. The van der Waals surface area contributed by atoms with Crippen molar-refractivity contribution in [2.75, 3.05) is 6.54 Å². The molecular formula is C24H20N4O. The van der Waals surface area contributed by atoms with Crippen LogP contribution >= 0.6 is 0 Å². The van der Waals surface area contributed by atoms with Crippen molar-refractivity contribution >= 4 is 16.8 Å². The Hall–Kier alpha value is -3.91. The number of fused-ring (bicyclic) bond motifs is 1. The standard InChI is InChI=1S/C24H20N4O/c25-14-18-7-9-20(10-8-18)16-28-17-22(21-5-1-2-6-23(21)28)24(29)27-13-11-19-4-3-12-26-15-19/h1-10,12,15,17H,11,13,16H2,(H,27,29). The molecule has 0 bridgehead atoms. The Morgan fingerprint density at radius 3 is 2.62 bits per heavy atom. The molecule has 2 heterocycles. The number of rotatable bonds is 6. The maximum atomic E-state index is 12.8. The maximum Gasteiger partial charge on any atom is 0.253 e. The van der Waals surface area contributed by atoms with Crippen LogP contribution in [0.4, 0.5) is 0 Å². The minimum Gasteiger partial charge on any atom is -0.352 e. The van der Waals surface area contributed by atoms with Gasteiger partial charge in [0.15, 0.2) is 0 Å². The minimum absolute atomic E-state index is 0.0799. The zero-order valence-corrected chi connectivity index (χ0v) is 15.9. The summed E-state index contributed by atoms with van der Waals surface area (Å²) in [6.07, 6.45) is 6.20. The molecule has 1 N–H and O–H groups in total. The van der Waals surface area contributed by atoms with Crippen molar-refractivity contribution in [1.29, 1.82) is 5.26 Å². The van der Waals surface area contributed by atoms with Crippen LogP contribution in [0.2, 0.25) is 0 Å². The number of carbonyl (C=O) groups is 1. The molecule has 4 rings (SSSR count). The van der Waals surface area contributed by atoms with Gasteiger partial charge in [0.2, 0.25) is 0 Å². The molecule has 2 aromatic heterocycles. The second kappa shape index (κ2) is 8.41. The molecule has 0 unspecified atom stereocenters. The number of para-hydroxylation sites is 1. The maximum absolute atomic E-state index is 12.8. The van der Waals surface area contributed by atoms with Crippen molar-refractivity contribution in [2.24, 2.45) is 0 Å². The number of hydrogen-bond donors (Lipinski definition) is 1. The Morgan fingerprint density at radius 2 is 1.86 bits per heavy atom. The Labute approximate surface area is 169 Å². The van der Waals surface area contributed by atoms with Gasteiger partial charge in [-0.3, -0.25) is 9.78 Å². The number of nitriles is 1. The smallest absolute Gasteiger partial charge is 0.253 e. The van der Waals surface area contributed by atoms with Gasteiger partial charge in [0, 0.05) is 42.6 Å². The van der Waals surface area contributed by atoms with Gasteiger partial charge in [-0.2, -0.15) is 5.26 Å². The summed E-state index contributed by atoms with van der Waals surface area (Å²) >= 11 is 0. The molecule has 142 valence electrons. The fourth-order valence-electron chi connectivity index (χ4n) is 3.40. The normalized spacial score (nSPS) is 10.6. The zero-order chi connectivity index (χ0) is 20.1. The van der Waals surface area contributed by atoms with Crippen LogP contribution in [0.15, 0.2) is 79.3 Å². The van der Waals surface area contributed by atoms with Crippen LogP contribution in [-0.2, 0) is 13.0 Å². The van der Waals surface area contributed by atoms with Crippen LogP contribution in [0.25, 0.3) is 10.9 Å².